The molecule has 7 nitrogen and oxygen atoms in total. The predicted molar refractivity (Wildman–Crippen MR) is 61.9 cm³/mol. The second kappa shape index (κ2) is 4.73. The molecule has 4 N–H and O–H groups in total. The smallest absolute Gasteiger partial charge is 0.168 e. The van der Waals surface area contributed by atoms with Crippen LogP contribution in [0.2, 0.25) is 0 Å². The maximum absolute atomic E-state index is 9.04. The van der Waals surface area contributed by atoms with E-state index in [9.17, 15) is 0 Å². The van der Waals surface area contributed by atoms with Crippen LogP contribution in [0.15, 0.2) is 0 Å². The Morgan fingerprint density at radius 2 is 2.29 bits per heavy atom. The van der Waals surface area contributed by atoms with Crippen LogP contribution in [0.4, 0.5) is 11.6 Å². The van der Waals surface area contributed by atoms with E-state index in [2.05, 4.69) is 15.7 Å². The van der Waals surface area contributed by atoms with Crippen molar-refractivity contribution in [2.24, 2.45) is 0 Å². The minimum Gasteiger partial charge on any atom is -0.383 e. The van der Waals surface area contributed by atoms with Crippen LogP contribution in [0, 0.1) is 22.7 Å². The number of nitrogen functional groups attached to an aromatic ring is 1. The summed E-state index contributed by atoms with van der Waals surface area (Å²) >= 11 is 0. The number of anilines is 2. The van der Waals surface area contributed by atoms with E-state index in [1.54, 1.807) is 0 Å². The number of nitrogens with two attached hydrogens (primary N) is 1. The summed E-state index contributed by atoms with van der Waals surface area (Å²) in [6.45, 7) is 2.12. The van der Waals surface area contributed by atoms with Gasteiger partial charge in [-0.3, -0.25) is 0 Å². The van der Waals surface area contributed by atoms with Crippen molar-refractivity contribution in [2.45, 2.75) is 19.0 Å². The van der Waals surface area contributed by atoms with Crippen molar-refractivity contribution in [3.05, 3.63) is 5.56 Å². The lowest BCUT2D eigenvalue weighted by molar-refractivity contribution is 0.470. The van der Waals surface area contributed by atoms with Gasteiger partial charge >= 0.3 is 0 Å². The molecule has 7 heteroatoms. The molecule has 2 heterocycles. The lowest BCUT2D eigenvalue weighted by Crippen LogP contribution is -2.51. The first-order valence-electron chi connectivity index (χ1n) is 5.37. The zero-order valence-electron chi connectivity index (χ0n) is 9.27. The summed E-state index contributed by atoms with van der Waals surface area (Å²) in [7, 11) is 0. The van der Waals surface area contributed by atoms with E-state index in [0.717, 1.165) is 13.1 Å². The Morgan fingerprint density at radius 1 is 1.53 bits per heavy atom. The van der Waals surface area contributed by atoms with Crippen molar-refractivity contribution in [3.63, 3.8) is 0 Å². The van der Waals surface area contributed by atoms with E-state index in [1.165, 1.54) is 4.68 Å². The molecule has 2 rings (SSSR count). The fourth-order valence-corrected chi connectivity index (χ4v) is 1.60. The second-order valence-corrected chi connectivity index (χ2v) is 3.85. The molecule has 88 valence electrons. The van der Waals surface area contributed by atoms with Crippen molar-refractivity contribution in [3.8, 4) is 12.1 Å². The van der Waals surface area contributed by atoms with E-state index < -0.39 is 0 Å². The zero-order chi connectivity index (χ0) is 12.3. The molecule has 0 spiro atoms. The number of nitriles is 2. The topological polar surface area (TPSA) is 115 Å². The molecule has 0 radical (unpaired) electrons. The van der Waals surface area contributed by atoms with Crippen molar-refractivity contribution in [1.29, 1.82) is 10.5 Å². The van der Waals surface area contributed by atoms with Gasteiger partial charge in [0.15, 0.2) is 5.82 Å². The van der Waals surface area contributed by atoms with E-state index in [4.69, 9.17) is 16.3 Å². The van der Waals surface area contributed by atoms with Crippen molar-refractivity contribution in [1.82, 2.24) is 15.1 Å². The normalized spacial score (nSPS) is 14.7. The monoisotopic (exact) mass is 231 g/mol. The number of aromatic nitrogens is 2. The summed E-state index contributed by atoms with van der Waals surface area (Å²) in [4.78, 5) is 0. The van der Waals surface area contributed by atoms with Crippen LogP contribution < -0.4 is 16.4 Å². The van der Waals surface area contributed by atoms with Gasteiger partial charge in [-0.2, -0.15) is 15.6 Å². The Hall–Kier alpha value is -2.25. The third-order valence-electron chi connectivity index (χ3n) is 2.66. The average Bonchev–Trinajstić information content (AvgIpc) is 2.57. The summed E-state index contributed by atoms with van der Waals surface area (Å²) in [6.07, 6.45) is 0.321. The van der Waals surface area contributed by atoms with E-state index in [0.29, 0.717) is 36.2 Å². The average molecular weight is 231 g/mol. The maximum Gasteiger partial charge on any atom is 0.168 e. The van der Waals surface area contributed by atoms with E-state index in [1.807, 2.05) is 12.1 Å². The first-order valence-corrected chi connectivity index (χ1v) is 5.37. The van der Waals surface area contributed by atoms with Gasteiger partial charge in [0.1, 0.15) is 17.5 Å². The number of nitrogens with zero attached hydrogens (tertiary/aromatic N) is 4. The minimum absolute atomic E-state index is 0.292. The zero-order valence-corrected chi connectivity index (χ0v) is 9.27. The van der Waals surface area contributed by atoms with E-state index >= 15 is 0 Å². The lowest BCUT2D eigenvalue weighted by atomic mass is 10.2. The molecule has 0 unspecified atom stereocenters. The van der Waals surface area contributed by atoms with Crippen LogP contribution in [0.5, 0.6) is 0 Å². The largest absolute Gasteiger partial charge is 0.383 e. The highest BCUT2D eigenvalue weighted by atomic mass is 15.4. The summed E-state index contributed by atoms with van der Waals surface area (Å²) in [5.41, 5.74) is 6.16. The SMILES string of the molecule is N#CCCn1nc(NC2CNC2)c(C#N)c1N. The Bertz CT molecular complexity index is 486. The highest BCUT2D eigenvalue weighted by molar-refractivity contribution is 5.64. The Balaban J connectivity index is 2.19. The van der Waals surface area contributed by atoms with Gasteiger partial charge in [-0.05, 0) is 0 Å². The molecule has 0 atom stereocenters. The van der Waals surface area contributed by atoms with Gasteiger partial charge < -0.3 is 16.4 Å². The van der Waals surface area contributed by atoms with Crippen molar-refractivity contribution < 1.29 is 0 Å². The summed E-state index contributed by atoms with van der Waals surface area (Å²) < 4.78 is 1.50. The number of hydrogen-bond donors (Lipinski definition) is 3. The molecular formula is C10H13N7. The second-order valence-electron chi connectivity index (χ2n) is 3.85. The number of nitrogens with one attached hydrogen (secondary N) is 2. The molecule has 17 heavy (non-hydrogen) atoms. The molecule has 1 aliphatic heterocycles. The summed E-state index contributed by atoms with van der Waals surface area (Å²) in [5, 5.41) is 28.1. The number of rotatable bonds is 4. The van der Waals surface area contributed by atoms with Gasteiger partial charge in [0.25, 0.3) is 0 Å². The molecule has 0 bridgehead atoms. The molecule has 1 saturated heterocycles. The van der Waals surface area contributed by atoms with Gasteiger partial charge in [-0.1, -0.05) is 0 Å². The number of hydrogen-bond acceptors (Lipinski definition) is 6. The Labute approximate surface area is 98.8 Å². The van der Waals surface area contributed by atoms with Crippen molar-refractivity contribution in [2.75, 3.05) is 24.1 Å². The standard InChI is InChI=1S/C10H13N7/c11-2-1-3-17-9(13)8(4-12)10(16-17)15-7-5-14-6-7/h7,14H,1,3,5-6,13H2,(H,15,16). The van der Waals surface area contributed by atoms with Crippen LogP contribution in [0.1, 0.15) is 12.0 Å². The predicted octanol–water partition coefficient (Wildman–Crippen LogP) is -0.366. The number of aryl methyl sites for hydroxylation is 1. The Morgan fingerprint density at radius 3 is 2.82 bits per heavy atom. The van der Waals surface area contributed by atoms with Gasteiger partial charge in [-0.25, -0.2) is 4.68 Å². The van der Waals surface area contributed by atoms with Gasteiger partial charge in [0, 0.05) is 13.1 Å². The van der Waals surface area contributed by atoms with Crippen LogP contribution >= 0.6 is 0 Å². The minimum atomic E-state index is 0.292. The maximum atomic E-state index is 9.04. The molecule has 0 saturated carbocycles. The van der Waals surface area contributed by atoms with Crippen LogP contribution in [-0.4, -0.2) is 28.9 Å². The molecule has 1 aromatic heterocycles. The third kappa shape index (κ3) is 2.14. The fourth-order valence-electron chi connectivity index (χ4n) is 1.60. The van der Waals surface area contributed by atoms with Crippen LogP contribution in [0.25, 0.3) is 0 Å². The summed E-state index contributed by atoms with van der Waals surface area (Å²) in [5.74, 6) is 0.826. The first-order chi connectivity index (χ1) is 8.26. The highest BCUT2D eigenvalue weighted by Gasteiger charge is 2.21. The molecular weight excluding hydrogens is 218 g/mol. The first kappa shape index (κ1) is 11.2. The van der Waals surface area contributed by atoms with Gasteiger partial charge in [0.05, 0.1) is 25.1 Å². The van der Waals surface area contributed by atoms with E-state index in [-0.39, 0.29) is 0 Å². The van der Waals surface area contributed by atoms with Crippen LogP contribution in [0.3, 0.4) is 0 Å². The van der Waals surface area contributed by atoms with Crippen LogP contribution in [-0.2, 0) is 6.54 Å². The highest BCUT2D eigenvalue weighted by Crippen LogP contribution is 2.21. The lowest BCUT2D eigenvalue weighted by Gasteiger charge is -2.27. The van der Waals surface area contributed by atoms with Gasteiger partial charge in [-0.15, -0.1) is 0 Å². The fraction of sp³-hybridized carbons (Fsp3) is 0.500. The summed E-state index contributed by atoms with van der Waals surface area (Å²) in [6, 6.07) is 4.36. The third-order valence-corrected chi connectivity index (χ3v) is 2.66. The quantitative estimate of drug-likeness (QED) is 0.651. The van der Waals surface area contributed by atoms with Gasteiger partial charge in [0.2, 0.25) is 0 Å². The van der Waals surface area contributed by atoms with Crippen molar-refractivity contribution >= 4 is 11.6 Å². The molecule has 0 aromatic carbocycles. The Kier molecular flexibility index (Phi) is 3.12. The molecule has 1 aromatic rings. The molecule has 1 aliphatic rings. The molecule has 0 amide bonds. The molecule has 1 fully saturated rings. The molecule has 0 aliphatic carbocycles.